The average Bonchev–Trinajstić information content (AvgIpc) is 2.80. The van der Waals surface area contributed by atoms with Crippen LogP contribution in [0.5, 0.6) is 0 Å². The van der Waals surface area contributed by atoms with Crippen LogP contribution in [0.3, 0.4) is 0 Å². The van der Waals surface area contributed by atoms with Crippen LogP contribution >= 0.6 is 12.6 Å². The van der Waals surface area contributed by atoms with Gasteiger partial charge in [0.15, 0.2) is 0 Å². The highest BCUT2D eigenvalue weighted by Gasteiger charge is 2.28. The van der Waals surface area contributed by atoms with E-state index >= 15 is 0 Å². The molecule has 0 aromatic heterocycles. The molecule has 1 saturated heterocycles. The average molecular weight is 253 g/mol. The Kier molecular flexibility index (Phi) is 3.72. The first kappa shape index (κ1) is 12.4. The third-order valence-electron chi connectivity index (χ3n) is 3.30. The van der Waals surface area contributed by atoms with E-state index in [1.54, 1.807) is 0 Å². The molecule has 1 amide bonds. The number of hydrogen-bond donors (Lipinski definition) is 1. The molecule has 92 valence electrons. The molecule has 1 unspecified atom stereocenters. The van der Waals surface area contributed by atoms with Crippen LogP contribution in [0.1, 0.15) is 36.5 Å². The highest BCUT2D eigenvalue weighted by atomic mass is 32.1. The van der Waals surface area contributed by atoms with Gasteiger partial charge in [0.1, 0.15) is 5.82 Å². The van der Waals surface area contributed by atoms with Crippen LogP contribution in [-0.2, 0) is 0 Å². The molecule has 17 heavy (non-hydrogen) atoms. The number of carbonyl (C=O) groups excluding carboxylic acids is 1. The fourth-order valence-electron chi connectivity index (χ4n) is 2.34. The van der Waals surface area contributed by atoms with Crippen molar-refractivity contribution in [2.24, 2.45) is 0 Å². The Bertz CT molecular complexity index is 435. The van der Waals surface area contributed by atoms with Gasteiger partial charge in [-0.2, -0.15) is 0 Å². The van der Waals surface area contributed by atoms with Crippen molar-refractivity contribution >= 4 is 18.5 Å². The van der Waals surface area contributed by atoms with Gasteiger partial charge in [0.05, 0.1) is 0 Å². The predicted molar refractivity (Wildman–Crippen MR) is 68.0 cm³/mol. The highest BCUT2D eigenvalue weighted by Crippen LogP contribution is 2.23. The van der Waals surface area contributed by atoms with Crippen LogP contribution in [0, 0.1) is 5.82 Å². The number of nitrogens with zero attached hydrogens (tertiary/aromatic N) is 1. The topological polar surface area (TPSA) is 20.3 Å². The van der Waals surface area contributed by atoms with Crippen molar-refractivity contribution in [1.82, 2.24) is 4.90 Å². The molecule has 1 aromatic rings. The van der Waals surface area contributed by atoms with Crippen molar-refractivity contribution in [2.45, 2.75) is 37.1 Å². The maximum Gasteiger partial charge on any atom is 0.254 e. The largest absolute Gasteiger partial charge is 0.336 e. The van der Waals surface area contributed by atoms with Gasteiger partial charge in [-0.05, 0) is 37.5 Å². The van der Waals surface area contributed by atoms with E-state index in [0.717, 1.165) is 25.8 Å². The van der Waals surface area contributed by atoms with Crippen LogP contribution < -0.4 is 0 Å². The molecule has 1 heterocycles. The number of benzene rings is 1. The van der Waals surface area contributed by atoms with E-state index < -0.39 is 5.82 Å². The van der Waals surface area contributed by atoms with E-state index in [4.69, 9.17) is 0 Å². The Morgan fingerprint density at radius 1 is 1.59 bits per heavy atom. The molecule has 1 aliphatic rings. The lowest BCUT2D eigenvalue weighted by atomic mass is 10.1. The fourth-order valence-corrected chi connectivity index (χ4v) is 2.55. The molecule has 2 rings (SSSR count). The predicted octanol–water partition coefficient (Wildman–Crippen LogP) is 3.13. The minimum Gasteiger partial charge on any atom is -0.336 e. The molecule has 2 nitrogen and oxygen atoms in total. The van der Waals surface area contributed by atoms with E-state index in [1.807, 2.05) is 4.90 Å². The van der Waals surface area contributed by atoms with Crippen LogP contribution in [0.4, 0.5) is 4.39 Å². The molecular weight excluding hydrogens is 237 g/mol. The second-order valence-corrected chi connectivity index (χ2v) is 4.85. The highest BCUT2D eigenvalue weighted by molar-refractivity contribution is 7.80. The summed E-state index contributed by atoms with van der Waals surface area (Å²) in [5, 5.41) is 0. The van der Waals surface area contributed by atoms with Gasteiger partial charge in [0, 0.05) is 23.0 Å². The summed E-state index contributed by atoms with van der Waals surface area (Å²) >= 11 is 4.00. The van der Waals surface area contributed by atoms with Crippen molar-refractivity contribution in [1.29, 1.82) is 0 Å². The summed E-state index contributed by atoms with van der Waals surface area (Å²) < 4.78 is 13.1. The zero-order chi connectivity index (χ0) is 12.4. The molecule has 0 spiro atoms. The molecule has 1 aromatic carbocycles. The number of amides is 1. The van der Waals surface area contributed by atoms with Gasteiger partial charge < -0.3 is 4.90 Å². The van der Waals surface area contributed by atoms with Gasteiger partial charge in [0.25, 0.3) is 5.91 Å². The normalized spacial score (nSPS) is 19.7. The number of thiol groups is 1. The number of likely N-dealkylation sites (tertiary alicyclic amines) is 1. The molecule has 1 atom stereocenters. The fraction of sp³-hybridized carbons (Fsp3) is 0.462. The minimum atomic E-state index is -0.390. The summed E-state index contributed by atoms with van der Waals surface area (Å²) in [7, 11) is 0. The standard InChI is InChI=1S/C13H16FNOS/c1-2-10-4-3-7-15(10)13(16)9-5-6-11(14)12(17)8-9/h5-6,8,10,17H,2-4,7H2,1H3. The summed E-state index contributed by atoms with van der Waals surface area (Å²) in [5.74, 6) is -0.400. The molecule has 4 heteroatoms. The van der Waals surface area contributed by atoms with Gasteiger partial charge in [-0.1, -0.05) is 6.92 Å². The maximum atomic E-state index is 13.1. The first-order valence-electron chi connectivity index (χ1n) is 5.93. The second-order valence-electron chi connectivity index (χ2n) is 4.37. The summed E-state index contributed by atoms with van der Waals surface area (Å²) in [6.07, 6.45) is 3.09. The van der Waals surface area contributed by atoms with E-state index in [9.17, 15) is 9.18 Å². The lowest BCUT2D eigenvalue weighted by molar-refractivity contribution is 0.0733. The van der Waals surface area contributed by atoms with E-state index in [0.29, 0.717) is 11.6 Å². The van der Waals surface area contributed by atoms with Gasteiger partial charge in [-0.3, -0.25) is 4.79 Å². The first-order valence-corrected chi connectivity index (χ1v) is 6.37. The van der Waals surface area contributed by atoms with Gasteiger partial charge >= 0.3 is 0 Å². The van der Waals surface area contributed by atoms with E-state index in [1.165, 1.54) is 18.2 Å². The van der Waals surface area contributed by atoms with Crippen molar-refractivity contribution in [2.75, 3.05) is 6.54 Å². The lowest BCUT2D eigenvalue weighted by Crippen LogP contribution is -2.35. The zero-order valence-corrected chi connectivity index (χ0v) is 10.7. The van der Waals surface area contributed by atoms with E-state index in [2.05, 4.69) is 19.6 Å². The Balaban J connectivity index is 2.21. The van der Waals surface area contributed by atoms with Crippen LogP contribution in [0.2, 0.25) is 0 Å². The van der Waals surface area contributed by atoms with Gasteiger partial charge in [0.2, 0.25) is 0 Å². The monoisotopic (exact) mass is 253 g/mol. The summed E-state index contributed by atoms with van der Waals surface area (Å²) in [6, 6.07) is 4.66. The minimum absolute atomic E-state index is 0.00958. The maximum absolute atomic E-state index is 13.1. The molecule has 0 radical (unpaired) electrons. The lowest BCUT2D eigenvalue weighted by Gasteiger charge is -2.23. The second kappa shape index (κ2) is 5.08. The van der Waals surface area contributed by atoms with Gasteiger partial charge in [-0.15, -0.1) is 12.6 Å². The molecule has 0 saturated carbocycles. The van der Waals surface area contributed by atoms with Crippen molar-refractivity contribution in [3.63, 3.8) is 0 Å². The van der Waals surface area contributed by atoms with Crippen LogP contribution in [-0.4, -0.2) is 23.4 Å². The van der Waals surface area contributed by atoms with E-state index in [-0.39, 0.29) is 10.8 Å². The van der Waals surface area contributed by atoms with Gasteiger partial charge in [-0.25, -0.2) is 4.39 Å². The number of hydrogen-bond acceptors (Lipinski definition) is 2. The Hall–Kier alpha value is -1.03. The van der Waals surface area contributed by atoms with Crippen molar-refractivity contribution < 1.29 is 9.18 Å². The molecule has 0 bridgehead atoms. The smallest absolute Gasteiger partial charge is 0.254 e. The number of carbonyl (C=O) groups is 1. The molecule has 0 aliphatic carbocycles. The third kappa shape index (κ3) is 2.46. The Morgan fingerprint density at radius 3 is 3.00 bits per heavy atom. The zero-order valence-electron chi connectivity index (χ0n) is 9.82. The molecular formula is C13H16FNOS. The Labute approximate surface area is 106 Å². The Morgan fingerprint density at radius 2 is 2.35 bits per heavy atom. The third-order valence-corrected chi connectivity index (χ3v) is 3.65. The summed E-state index contributed by atoms with van der Waals surface area (Å²) in [4.78, 5) is 14.4. The quantitative estimate of drug-likeness (QED) is 0.803. The first-order chi connectivity index (χ1) is 8.13. The van der Waals surface area contributed by atoms with Crippen molar-refractivity contribution in [3.05, 3.63) is 29.6 Å². The summed E-state index contributed by atoms with van der Waals surface area (Å²) in [5.41, 5.74) is 0.525. The summed E-state index contributed by atoms with van der Waals surface area (Å²) in [6.45, 7) is 2.89. The number of rotatable bonds is 2. The molecule has 1 aliphatic heterocycles. The molecule has 1 fully saturated rings. The van der Waals surface area contributed by atoms with Crippen LogP contribution in [0.25, 0.3) is 0 Å². The van der Waals surface area contributed by atoms with Crippen LogP contribution in [0.15, 0.2) is 23.1 Å². The number of halogens is 1. The van der Waals surface area contributed by atoms with Crippen molar-refractivity contribution in [3.8, 4) is 0 Å². The SMILES string of the molecule is CCC1CCCN1C(=O)c1ccc(F)c(S)c1. The molecule has 0 N–H and O–H groups in total.